The van der Waals surface area contributed by atoms with Gasteiger partial charge in [0.2, 0.25) is 0 Å². The van der Waals surface area contributed by atoms with Crippen molar-refractivity contribution in [3.05, 3.63) is 131 Å². The average molecular weight is 455 g/mol. The van der Waals surface area contributed by atoms with E-state index in [4.69, 9.17) is 9.84 Å². The van der Waals surface area contributed by atoms with Gasteiger partial charge in [0.05, 0.1) is 11.7 Å². The van der Waals surface area contributed by atoms with Gasteiger partial charge in [-0.2, -0.15) is 0 Å². The highest BCUT2D eigenvalue weighted by molar-refractivity contribution is 6.10. The Hall–Kier alpha value is -4.22. The van der Waals surface area contributed by atoms with Gasteiger partial charge >= 0.3 is 0 Å². The predicted octanol–water partition coefficient (Wildman–Crippen LogP) is 5.30. The van der Waals surface area contributed by atoms with Crippen LogP contribution in [-0.2, 0) is 0 Å². The number of hydrogen-bond acceptors (Lipinski definition) is 5. The molecule has 4 aromatic rings. The second-order valence-corrected chi connectivity index (χ2v) is 7.60. The van der Waals surface area contributed by atoms with E-state index in [0.29, 0.717) is 11.3 Å². The maximum Gasteiger partial charge on any atom is 0.196 e. The zero-order valence-corrected chi connectivity index (χ0v) is 18.8. The topological polar surface area (TPSA) is 83.8 Å². The fourth-order valence-corrected chi connectivity index (χ4v) is 3.10. The molecule has 4 rings (SSSR count). The van der Waals surface area contributed by atoms with E-state index in [9.17, 15) is 14.7 Å². The van der Waals surface area contributed by atoms with Crippen molar-refractivity contribution in [2.24, 2.45) is 0 Å². The van der Waals surface area contributed by atoms with E-state index in [-0.39, 0.29) is 29.5 Å². The number of carbonyl (C=O) groups excluding carboxylic acids is 2. The molecule has 5 nitrogen and oxygen atoms in total. The first kappa shape index (κ1) is 24.4. The molecule has 0 aliphatic heterocycles. The lowest BCUT2D eigenvalue weighted by Gasteiger charge is -2.10. The van der Waals surface area contributed by atoms with Gasteiger partial charge in [-0.3, -0.25) is 9.59 Å². The van der Waals surface area contributed by atoms with E-state index in [1.807, 2.05) is 66.7 Å². The van der Waals surface area contributed by atoms with Crippen LogP contribution in [0, 0.1) is 0 Å². The molecule has 0 aromatic heterocycles. The van der Waals surface area contributed by atoms with Crippen LogP contribution in [0.15, 0.2) is 109 Å². The summed E-state index contributed by atoms with van der Waals surface area (Å²) < 4.78 is 5.27. The molecule has 0 radical (unpaired) electrons. The van der Waals surface area contributed by atoms with Crippen molar-refractivity contribution in [1.29, 1.82) is 0 Å². The minimum Gasteiger partial charge on any atom is -0.507 e. The average Bonchev–Trinajstić information content (AvgIpc) is 2.88. The minimum absolute atomic E-state index is 0.0752. The van der Waals surface area contributed by atoms with Gasteiger partial charge in [-0.1, -0.05) is 91.0 Å². The number of carbonyl (C=O) groups is 2. The summed E-state index contributed by atoms with van der Waals surface area (Å²) in [5, 5.41) is 19.1. The molecule has 5 heteroatoms. The monoisotopic (exact) mass is 454 g/mol. The first-order valence-corrected chi connectivity index (χ1v) is 10.8. The molecule has 0 saturated heterocycles. The van der Waals surface area contributed by atoms with Gasteiger partial charge in [-0.15, -0.1) is 0 Å². The fourth-order valence-electron chi connectivity index (χ4n) is 3.10. The lowest BCUT2D eigenvalue weighted by atomic mass is 10.0. The minimum atomic E-state index is -0.595. The molecule has 1 unspecified atom stereocenters. The molecular weight excluding hydrogens is 428 g/mol. The highest BCUT2D eigenvalue weighted by Crippen LogP contribution is 2.26. The Morgan fingerprint density at radius 1 is 0.706 bits per heavy atom. The predicted molar refractivity (Wildman–Crippen MR) is 131 cm³/mol. The third-order valence-corrected chi connectivity index (χ3v) is 4.81. The van der Waals surface area contributed by atoms with Crippen LogP contribution < -0.4 is 4.74 Å². The van der Waals surface area contributed by atoms with Gasteiger partial charge in [0.1, 0.15) is 18.1 Å². The van der Waals surface area contributed by atoms with Crippen LogP contribution in [-0.4, -0.2) is 34.5 Å². The van der Waals surface area contributed by atoms with Crippen LogP contribution in [0.2, 0.25) is 0 Å². The van der Waals surface area contributed by atoms with Crippen LogP contribution in [0.1, 0.15) is 38.8 Å². The number of phenols is 1. The lowest BCUT2D eigenvalue weighted by Crippen LogP contribution is -2.12. The number of phenolic OH excluding ortho intramolecular Hbond substituents is 1. The number of ketones is 2. The lowest BCUT2D eigenvalue weighted by molar-refractivity contribution is 0.102. The summed E-state index contributed by atoms with van der Waals surface area (Å²) in [6, 6.07) is 31.8. The molecule has 0 aliphatic carbocycles. The SMILES string of the molecule is CC(O)COc1ccc(C(=O)c2ccccc2)c(O)c1.O=C(c1ccccc1)c1ccccc1. The molecule has 0 aliphatic rings. The number of aromatic hydroxyl groups is 1. The van der Waals surface area contributed by atoms with E-state index in [2.05, 4.69) is 0 Å². The summed E-state index contributed by atoms with van der Waals surface area (Å²) in [5.74, 6) is 0.103. The van der Waals surface area contributed by atoms with Crippen LogP contribution in [0.3, 0.4) is 0 Å². The highest BCUT2D eigenvalue weighted by Gasteiger charge is 2.14. The number of aliphatic hydroxyl groups is 1. The van der Waals surface area contributed by atoms with Gasteiger partial charge in [0, 0.05) is 22.8 Å². The zero-order valence-electron chi connectivity index (χ0n) is 18.8. The van der Waals surface area contributed by atoms with E-state index in [1.165, 1.54) is 12.1 Å². The molecule has 0 spiro atoms. The Bertz CT molecular complexity index is 1160. The number of rotatable bonds is 7. The maximum atomic E-state index is 12.2. The van der Waals surface area contributed by atoms with Crippen molar-refractivity contribution < 1.29 is 24.5 Å². The standard InChI is InChI=1S/C16H16O4.C13H10O/c1-11(17)10-20-13-7-8-14(15(18)9-13)16(19)12-5-3-2-4-6-12;14-13(11-7-3-1-4-8-11)12-9-5-2-6-10-12/h2-9,11,17-18H,10H2,1H3;1-10H. The van der Waals surface area contributed by atoms with Crippen molar-refractivity contribution in [2.45, 2.75) is 13.0 Å². The summed E-state index contributed by atoms with van der Waals surface area (Å²) in [7, 11) is 0. The normalized spacial score (nSPS) is 11.0. The van der Waals surface area contributed by atoms with Crippen molar-refractivity contribution in [3.63, 3.8) is 0 Å². The summed E-state index contributed by atoms with van der Waals surface area (Å²) in [6.45, 7) is 1.73. The van der Waals surface area contributed by atoms with E-state index >= 15 is 0 Å². The molecule has 2 N–H and O–H groups in total. The Labute approximate surface area is 198 Å². The van der Waals surface area contributed by atoms with Crippen LogP contribution in [0.4, 0.5) is 0 Å². The molecule has 1 atom stereocenters. The molecular formula is C29H26O5. The van der Waals surface area contributed by atoms with E-state index < -0.39 is 6.10 Å². The Balaban J connectivity index is 0.000000202. The highest BCUT2D eigenvalue weighted by atomic mass is 16.5. The smallest absolute Gasteiger partial charge is 0.196 e. The molecule has 0 bridgehead atoms. The Morgan fingerprint density at radius 2 is 1.15 bits per heavy atom. The summed E-state index contributed by atoms with van der Waals surface area (Å²) in [4.78, 5) is 24.1. The van der Waals surface area contributed by atoms with E-state index in [0.717, 1.165) is 11.1 Å². The van der Waals surface area contributed by atoms with Gasteiger partial charge in [-0.25, -0.2) is 0 Å². The third kappa shape index (κ3) is 6.89. The molecule has 0 heterocycles. The van der Waals surface area contributed by atoms with Gasteiger partial charge in [-0.05, 0) is 19.1 Å². The molecule has 4 aromatic carbocycles. The summed E-state index contributed by atoms with van der Waals surface area (Å²) in [6.07, 6.45) is -0.595. The quantitative estimate of drug-likeness (QED) is 0.370. The van der Waals surface area contributed by atoms with Crippen LogP contribution in [0.5, 0.6) is 11.5 Å². The maximum absolute atomic E-state index is 12.2. The second kappa shape index (κ2) is 12.1. The molecule has 0 fully saturated rings. The van der Waals surface area contributed by atoms with Gasteiger partial charge in [0.15, 0.2) is 11.6 Å². The fraction of sp³-hybridized carbons (Fsp3) is 0.103. The first-order valence-electron chi connectivity index (χ1n) is 10.8. The van der Waals surface area contributed by atoms with Gasteiger partial charge in [0.25, 0.3) is 0 Å². The second-order valence-electron chi connectivity index (χ2n) is 7.60. The largest absolute Gasteiger partial charge is 0.507 e. The van der Waals surface area contributed by atoms with Crippen molar-refractivity contribution >= 4 is 11.6 Å². The summed E-state index contributed by atoms with van der Waals surface area (Å²) in [5.41, 5.74) is 2.21. The van der Waals surface area contributed by atoms with E-state index in [1.54, 1.807) is 37.3 Å². The van der Waals surface area contributed by atoms with Crippen molar-refractivity contribution in [2.75, 3.05) is 6.61 Å². The van der Waals surface area contributed by atoms with Gasteiger partial charge < -0.3 is 14.9 Å². The number of hydrogen-bond donors (Lipinski definition) is 2. The van der Waals surface area contributed by atoms with Crippen molar-refractivity contribution in [1.82, 2.24) is 0 Å². The molecule has 0 saturated carbocycles. The first-order chi connectivity index (χ1) is 16.5. The van der Waals surface area contributed by atoms with Crippen LogP contribution in [0.25, 0.3) is 0 Å². The molecule has 172 valence electrons. The van der Waals surface area contributed by atoms with Crippen LogP contribution >= 0.6 is 0 Å². The zero-order chi connectivity index (χ0) is 24.3. The number of benzene rings is 4. The Kier molecular flexibility index (Phi) is 8.72. The number of ether oxygens (including phenoxy) is 1. The molecule has 0 amide bonds. The third-order valence-electron chi connectivity index (χ3n) is 4.81. The molecule has 34 heavy (non-hydrogen) atoms. The Morgan fingerprint density at radius 3 is 1.56 bits per heavy atom. The number of aliphatic hydroxyl groups excluding tert-OH is 1. The van der Waals surface area contributed by atoms with Crippen molar-refractivity contribution in [3.8, 4) is 11.5 Å². The summed E-state index contributed by atoms with van der Waals surface area (Å²) >= 11 is 0.